The van der Waals surface area contributed by atoms with E-state index in [9.17, 15) is 9.90 Å². The van der Waals surface area contributed by atoms with Gasteiger partial charge in [-0.2, -0.15) is 0 Å². The first-order valence-electron chi connectivity index (χ1n) is 9.10. The summed E-state index contributed by atoms with van der Waals surface area (Å²) >= 11 is 0. The van der Waals surface area contributed by atoms with Crippen molar-refractivity contribution in [2.45, 2.75) is 32.1 Å². The summed E-state index contributed by atoms with van der Waals surface area (Å²) in [5, 5.41) is 22.7. The smallest absolute Gasteiger partial charge is 0.320 e. The lowest BCUT2D eigenvalue weighted by Gasteiger charge is -2.34. The van der Waals surface area contributed by atoms with Crippen molar-refractivity contribution in [2.24, 2.45) is 0 Å². The quantitative estimate of drug-likeness (QED) is 0.485. The highest BCUT2D eigenvalue weighted by Crippen LogP contribution is 2.29. The van der Waals surface area contributed by atoms with Gasteiger partial charge in [0.25, 0.3) is 0 Å². The fourth-order valence-corrected chi connectivity index (χ4v) is 3.12. The van der Waals surface area contributed by atoms with Crippen molar-refractivity contribution in [3.05, 3.63) is 47.7 Å². The lowest BCUT2D eigenvalue weighted by Crippen LogP contribution is -2.45. The van der Waals surface area contributed by atoms with Gasteiger partial charge < -0.3 is 19.9 Å². The number of aliphatic hydroxyl groups excluding tert-OH is 1. The number of nitrogens with zero attached hydrogens (tertiary/aromatic N) is 2. The summed E-state index contributed by atoms with van der Waals surface area (Å²) in [6.07, 6.45) is 0. The number of H-pyrrole nitrogens is 1. The van der Waals surface area contributed by atoms with Crippen LogP contribution in [0.1, 0.15) is 31.1 Å². The third-order valence-electron chi connectivity index (χ3n) is 4.80. The predicted octanol–water partition coefficient (Wildman–Crippen LogP) is 2.75. The summed E-state index contributed by atoms with van der Waals surface area (Å²) in [7, 11) is 3.09. The Morgan fingerprint density at radius 3 is 2.62 bits per heavy atom. The van der Waals surface area contributed by atoms with Crippen molar-refractivity contribution in [3.63, 3.8) is 0 Å². The highest BCUT2D eigenvalue weighted by molar-refractivity contribution is 5.93. The number of methoxy groups -OCH3 is 2. The zero-order valence-electron chi connectivity index (χ0n) is 16.8. The molecule has 9 heteroatoms. The van der Waals surface area contributed by atoms with Crippen molar-refractivity contribution in [1.29, 1.82) is 0 Å². The number of aliphatic hydroxyl groups is 1. The fraction of sp³-hybridized carbons (Fsp3) is 0.350. The Morgan fingerprint density at radius 1 is 1.28 bits per heavy atom. The lowest BCUT2D eigenvalue weighted by atomic mass is 9.91. The van der Waals surface area contributed by atoms with Crippen molar-refractivity contribution in [3.8, 4) is 5.88 Å². The molecule has 154 valence electrons. The maximum Gasteiger partial charge on any atom is 0.320 e. The number of nitrogens with one attached hydrogen (secondary N) is 3. The van der Waals surface area contributed by atoms with Crippen LogP contribution in [0, 0.1) is 0 Å². The predicted molar refractivity (Wildman–Crippen MR) is 109 cm³/mol. The molecule has 2 heterocycles. The van der Waals surface area contributed by atoms with Crippen LogP contribution < -0.4 is 15.4 Å². The van der Waals surface area contributed by atoms with Gasteiger partial charge in [0.1, 0.15) is 5.82 Å². The van der Waals surface area contributed by atoms with Crippen molar-refractivity contribution >= 4 is 22.8 Å². The number of carbonyl (C=O) groups is 1. The summed E-state index contributed by atoms with van der Waals surface area (Å²) in [4.78, 5) is 17.0. The molecule has 0 aliphatic heterocycles. The van der Waals surface area contributed by atoms with Crippen LogP contribution in [0.2, 0.25) is 0 Å². The molecule has 0 spiro atoms. The van der Waals surface area contributed by atoms with Crippen LogP contribution in [0.15, 0.2) is 36.4 Å². The third kappa shape index (κ3) is 4.30. The molecule has 1 aromatic carbocycles. The summed E-state index contributed by atoms with van der Waals surface area (Å²) < 4.78 is 10.8. The highest BCUT2D eigenvalue weighted by Gasteiger charge is 2.32. The molecule has 3 aromatic rings. The largest absolute Gasteiger partial charge is 0.479 e. The minimum Gasteiger partial charge on any atom is -0.479 e. The first-order valence-corrected chi connectivity index (χ1v) is 9.10. The molecule has 0 saturated carbocycles. The number of anilines is 1. The molecule has 2 aromatic heterocycles. The number of aromatic amines is 1. The molecule has 3 rings (SSSR count). The second-order valence-corrected chi connectivity index (χ2v) is 7.02. The number of hydrogen-bond acceptors (Lipinski definition) is 6. The molecular weight excluding hydrogens is 374 g/mol. The number of hydrogen-bond donors (Lipinski definition) is 4. The molecule has 1 atom stereocenters. The summed E-state index contributed by atoms with van der Waals surface area (Å²) in [5.41, 5.74) is 1.20. The molecule has 0 bridgehead atoms. The zero-order valence-corrected chi connectivity index (χ0v) is 16.8. The number of amides is 2. The van der Waals surface area contributed by atoms with E-state index in [0.29, 0.717) is 22.5 Å². The number of benzene rings is 1. The monoisotopic (exact) mass is 399 g/mol. The van der Waals surface area contributed by atoms with E-state index in [0.717, 1.165) is 5.56 Å². The number of urea groups is 1. The van der Waals surface area contributed by atoms with Gasteiger partial charge in [-0.3, -0.25) is 10.4 Å². The maximum absolute atomic E-state index is 12.7. The van der Waals surface area contributed by atoms with Crippen LogP contribution in [0.3, 0.4) is 0 Å². The Labute approximate surface area is 168 Å². The van der Waals surface area contributed by atoms with Crippen LogP contribution in [0.5, 0.6) is 5.88 Å². The highest BCUT2D eigenvalue weighted by atomic mass is 16.5. The summed E-state index contributed by atoms with van der Waals surface area (Å²) in [5.74, 6) is 0.603. The Bertz CT molecular complexity index is 987. The number of rotatable bonds is 7. The molecule has 0 aliphatic carbocycles. The van der Waals surface area contributed by atoms with Crippen molar-refractivity contribution in [1.82, 2.24) is 20.5 Å². The van der Waals surface area contributed by atoms with E-state index < -0.39 is 17.7 Å². The van der Waals surface area contributed by atoms with E-state index in [1.165, 1.54) is 7.11 Å². The second-order valence-electron chi connectivity index (χ2n) is 7.02. The third-order valence-corrected chi connectivity index (χ3v) is 4.80. The van der Waals surface area contributed by atoms with Gasteiger partial charge >= 0.3 is 6.03 Å². The molecule has 0 radical (unpaired) electrons. The minimum absolute atomic E-state index is 0.271. The van der Waals surface area contributed by atoms with Crippen LogP contribution in [-0.4, -0.2) is 46.1 Å². The SMILES string of the molecule is COc1n[nH]c2cc(NC(=O)N[C@@H](c3ccccc3)C(C)(C)OC)nc(CO)c12. The average Bonchev–Trinajstić information content (AvgIpc) is 3.15. The van der Waals surface area contributed by atoms with E-state index in [1.54, 1.807) is 13.2 Å². The van der Waals surface area contributed by atoms with Gasteiger partial charge in [-0.25, -0.2) is 9.78 Å². The molecule has 0 unspecified atom stereocenters. The molecule has 29 heavy (non-hydrogen) atoms. The minimum atomic E-state index is -0.650. The van der Waals surface area contributed by atoms with Gasteiger partial charge in [0.05, 0.1) is 42.0 Å². The molecule has 0 aliphatic rings. The first-order chi connectivity index (χ1) is 13.9. The Kier molecular flexibility index (Phi) is 6.00. The number of carbonyl (C=O) groups excluding carboxylic acids is 1. The Hall–Kier alpha value is -3.17. The van der Waals surface area contributed by atoms with E-state index in [2.05, 4.69) is 25.8 Å². The van der Waals surface area contributed by atoms with Gasteiger partial charge in [0.2, 0.25) is 5.88 Å². The number of fused-ring (bicyclic) bond motifs is 1. The number of aromatic nitrogens is 3. The van der Waals surface area contributed by atoms with Gasteiger partial charge in [0, 0.05) is 13.2 Å². The summed E-state index contributed by atoms with van der Waals surface area (Å²) in [6.45, 7) is 3.47. The van der Waals surface area contributed by atoms with Gasteiger partial charge in [-0.1, -0.05) is 30.3 Å². The molecule has 0 saturated heterocycles. The number of pyridine rings is 1. The lowest BCUT2D eigenvalue weighted by molar-refractivity contribution is -0.00740. The standard InChI is InChI=1S/C20H25N5O4/c1-20(2,29-4)17(12-8-6-5-7-9-12)23-19(27)22-15-10-13-16(14(11-26)21-15)18(28-3)25-24-13/h5-10,17,26H,11H2,1-4H3,(H,24,25)(H2,21,22,23,27)/t17-/m0/s1. The van der Waals surface area contributed by atoms with Crippen LogP contribution in [0.25, 0.3) is 10.9 Å². The van der Waals surface area contributed by atoms with E-state index >= 15 is 0 Å². The average molecular weight is 399 g/mol. The Balaban J connectivity index is 1.85. The van der Waals surface area contributed by atoms with E-state index in [1.807, 2.05) is 44.2 Å². The fourth-order valence-electron chi connectivity index (χ4n) is 3.12. The van der Waals surface area contributed by atoms with Crippen LogP contribution in [-0.2, 0) is 11.3 Å². The molecule has 2 amide bonds. The normalized spacial score (nSPS) is 12.6. The maximum atomic E-state index is 12.7. The van der Waals surface area contributed by atoms with Crippen LogP contribution in [0.4, 0.5) is 10.6 Å². The molecule has 0 fully saturated rings. The van der Waals surface area contributed by atoms with Crippen molar-refractivity contribution in [2.75, 3.05) is 19.5 Å². The first kappa shape index (κ1) is 20.6. The molecule has 9 nitrogen and oxygen atoms in total. The van der Waals surface area contributed by atoms with Gasteiger partial charge in [-0.05, 0) is 19.4 Å². The Morgan fingerprint density at radius 2 is 2.00 bits per heavy atom. The summed E-state index contributed by atoms with van der Waals surface area (Å²) in [6, 6.07) is 10.4. The zero-order chi connectivity index (χ0) is 21.0. The van der Waals surface area contributed by atoms with Crippen molar-refractivity contribution < 1.29 is 19.4 Å². The molecule has 4 N–H and O–H groups in total. The second kappa shape index (κ2) is 8.46. The van der Waals surface area contributed by atoms with Gasteiger partial charge in [-0.15, -0.1) is 5.10 Å². The topological polar surface area (TPSA) is 121 Å². The molecular formula is C20H25N5O4. The van der Waals surface area contributed by atoms with Crippen LogP contribution >= 0.6 is 0 Å². The van der Waals surface area contributed by atoms with E-state index in [4.69, 9.17) is 9.47 Å². The number of ether oxygens (including phenoxy) is 2. The van der Waals surface area contributed by atoms with Gasteiger partial charge in [0.15, 0.2) is 0 Å². The van der Waals surface area contributed by atoms with E-state index in [-0.39, 0.29) is 12.4 Å².